The average Bonchev–Trinajstić information content (AvgIpc) is 2.68. The van der Waals surface area contributed by atoms with E-state index in [-0.39, 0.29) is 6.04 Å². The van der Waals surface area contributed by atoms with E-state index in [0.717, 1.165) is 12.8 Å². The van der Waals surface area contributed by atoms with Crippen LogP contribution in [0.3, 0.4) is 0 Å². The maximum Gasteiger partial charge on any atom is 0.389 e. The van der Waals surface area contributed by atoms with Crippen LogP contribution >= 0.6 is 0 Å². The molecule has 0 spiro atoms. The molecule has 6 nitrogen and oxygen atoms in total. The molecule has 0 amide bonds. The SMILES string of the molecule is CCC(OC)(OC)[SiH2]C(CC)(OC)OC.CO[Si](C)(CCC(F)(F)F)OC. The highest BCUT2D eigenvalue weighted by atomic mass is 28.4. The highest BCUT2D eigenvalue weighted by molar-refractivity contribution is 6.65. The van der Waals surface area contributed by atoms with Gasteiger partial charge in [0.15, 0.2) is 9.52 Å². The van der Waals surface area contributed by atoms with Gasteiger partial charge in [-0.1, -0.05) is 13.8 Å². The third-order valence-corrected chi connectivity index (χ3v) is 10.9. The average molecular weight is 439 g/mol. The Hall–Kier alpha value is -0.0162. The Kier molecular flexibility index (Phi) is 14.3. The second kappa shape index (κ2) is 13.3. The fraction of sp³-hybridized carbons (Fsp3) is 1.00. The van der Waals surface area contributed by atoms with Gasteiger partial charge in [0.2, 0.25) is 0 Å². The molecule has 0 saturated carbocycles. The van der Waals surface area contributed by atoms with Crippen LogP contribution in [0.1, 0.15) is 33.1 Å². The first-order chi connectivity index (χ1) is 12.4. The molecule has 0 aliphatic heterocycles. The van der Waals surface area contributed by atoms with Crippen LogP contribution in [0.25, 0.3) is 0 Å². The Bertz CT molecular complexity index is 339. The molecule has 11 heteroatoms. The Balaban J connectivity index is 0. The van der Waals surface area contributed by atoms with Gasteiger partial charge in [-0.2, -0.15) is 13.2 Å². The van der Waals surface area contributed by atoms with Crippen molar-refractivity contribution in [3.05, 3.63) is 0 Å². The molecule has 0 aliphatic rings. The number of ether oxygens (including phenoxy) is 4. The number of hydrogen-bond donors (Lipinski definition) is 0. The zero-order valence-corrected chi connectivity index (χ0v) is 20.5. The van der Waals surface area contributed by atoms with Gasteiger partial charge in [0.25, 0.3) is 0 Å². The summed E-state index contributed by atoms with van der Waals surface area (Å²) in [6.45, 7) is 5.70. The molecule has 0 unspecified atom stereocenters. The van der Waals surface area contributed by atoms with E-state index in [9.17, 15) is 13.2 Å². The van der Waals surface area contributed by atoms with Crippen LogP contribution < -0.4 is 0 Å². The van der Waals surface area contributed by atoms with Gasteiger partial charge < -0.3 is 27.8 Å². The Labute approximate surface area is 165 Å². The van der Waals surface area contributed by atoms with E-state index in [1.54, 1.807) is 35.0 Å². The van der Waals surface area contributed by atoms with E-state index in [0.29, 0.717) is 0 Å². The molecule has 0 rings (SSSR count). The van der Waals surface area contributed by atoms with Gasteiger partial charge in [-0.05, 0) is 25.4 Å². The van der Waals surface area contributed by atoms with Crippen molar-refractivity contribution in [2.24, 2.45) is 0 Å². The van der Waals surface area contributed by atoms with Gasteiger partial charge in [-0.15, -0.1) is 0 Å². The van der Waals surface area contributed by atoms with E-state index in [1.807, 2.05) is 13.8 Å². The quantitative estimate of drug-likeness (QED) is 0.345. The standard InChI is InChI=1S/C10H24O4Si.C6H13F3O2Si/c1-7-9(11-3,12-4)15-10(8-2,13-5)14-6;1-10-12(3,11-2)5-4-6(7,8)9/h7-8,15H2,1-6H3;4-5H2,1-3H3. The minimum atomic E-state index is -4.12. The summed E-state index contributed by atoms with van der Waals surface area (Å²) in [6, 6.07) is -0.0521. The number of hydrogen-bond acceptors (Lipinski definition) is 6. The first kappa shape index (κ1) is 29.2. The van der Waals surface area contributed by atoms with E-state index in [2.05, 4.69) is 0 Å². The van der Waals surface area contributed by atoms with Crippen LogP contribution in [0.5, 0.6) is 0 Å². The number of halogens is 3. The first-order valence-corrected chi connectivity index (χ1v) is 12.7. The molecule has 0 radical (unpaired) electrons. The number of methoxy groups -OCH3 is 4. The molecule has 0 aromatic carbocycles. The van der Waals surface area contributed by atoms with Gasteiger partial charge in [-0.3, -0.25) is 0 Å². The fourth-order valence-electron chi connectivity index (χ4n) is 2.35. The lowest BCUT2D eigenvalue weighted by molar-refractivity contribution is -0.185. The third-order valence-electron chi connectivity index (χ3n) is 4.83. The smallest absolute Gasteiger partial charge is 0.389 e. The normalized spacial score (nSPS) is 13.3. The summed E-state index contributed by atoms with van der Waals surface area (Å²) in [4.78, 5) is 0. The van der Waals surface area contributed by atoms with Gasteiger partial charge in [-0.25, -0.2) is 0 Å². The van der Waals surface area contributed by atoms with Crippen molar-refractivity contribution in [3.63, 3.8) is 0 Å². The maximum absolute atomic E-state index is 11.8. The van der Waals surface area contributed by atoms with Crippen LogP contribution in [0, 0.1) is 0 Å². The lowest BCUT2D eigenvalue weighted by Crippen LogP contribution is -2.54. The van der Waals surface area contributed by atoms with Gasteiger partial charge in [0.05, 0.1) is 0 Å². The maximum atomic E-state index is 11.8. The molecule has 0 aromatic heterocycles. The largest absolute Gasteiger partial charge is 0.398 e. The molecule has 0 N–H and O–H groups in total. The summed E-state index contributed by atoms with van der Waals surface area (Å²) in [5, 5.41) is 0. The van der Waals surface area contributed by atoms with E-state index in [4.69, 9.17) is 27.8 Å². The summed E-state index contributed by atoms with van der Waals surface area (Å²) in [6.07, 6.45) is -3.34. The van der Waals surface area contributed by atoms with Crippen LogP contribution in [-0.2, 0) is 27.8 Å². The first-order valence-electron chi connectivity index (χ1n) is 8.78. The number of rotatable bonds is 12. The Morgan fingerprint density at radius 1 is 0.741 bits per heavy atom. The van der Waals surface area contributed by atoms with Crippen LogP contribution in [0.2, 0.25) is 12.6 Å². The topological polar surface area (TPSA) is 55.4 Å². The molecule has 0 fully saturated rings. The van der Waals surface area contributed by atoms with E-state index >= 15 is 0 Å². The van der Waals surface area contributed by atoms with Crippen molar-refractivity contribution < 1.29 is 41.0 Å². The summed E-state index contributed by atoms with van der Waals surface area (Å²) in [5.74, 6) is 0. The molecule has 0 aromatic rings. The lowest BCUT2D eigenvalue weighted by Gasteiger charge is -2.38. The predicted octanol–water partition coefficient (Wildman–Crippen LogP) is 3.17. The van der Waals surface area contributed by atoms with Crippen molar-refractivity contribution in [2.45, 2.75) is 62.7 Å². The summed E-state index contributed by atoms with van der Waals surface area (Å²) < 4.78 is 67.0. The van der Waals surface area contributed by atoms with Crippen molar-refractivity contribution in [3.8, 4) is 0 Å². The summed E-state index contributed by atoms with van der Waals surface area (Å²) in [7, 11) is 6.06. The van der Waals surface area contributed by atoms with E-state index < -0.39 is 41.5 Å². The second-order valence-electron chi connectivity index (χ2n) is 6.18. The minimum absolute atomic E-state index is 0.0521. The number of alkyl halides is 3. The molecule has 27 heavy (non-hydrogen) atoms. The van der Waals surface area contributed by atoms with Gasteiger partial charge in [0.1, 0.15) is 10.8 Å². The molecule has 0 heterocycles. The zero-order valence-electron chi connectivity index (χ0n) is 18.1. The van der Waals surface area contributed by atoms with Crippen LogP contribution in [0.4, 0.5) is 13.2 Å². The Morgan fingerprint density at radius 3 is 1.26 bits per heavy atom. The highest BCUT2D eigenvalue weighted by Crippen LogP contribution is 2.26. The van der Waals surface area contributed by atoms with Crippen molar-refractivity contribution >= 4 is 18.1 Å². The molecular weight excluding hydrogens is 401 g/mol. The summed E-state index contributed by atoms with van der Waals surface area (Å²) in [5.41, 5.74) is -0.996. The molecule has 166 valence electrons. The second-order valence-corrected chi connectivity index (χ2v) is 12.3. The van der Waals surface area contributed by atoms with Crippen LogP contribution in [0.15, 0.2) is 0 Å². The molecule has 0 saturated heterocycles. The molecule has 0 bridgehead atoms. The van der Waals surface area contributed by atoms with Crippen molar-refractivity contribution in [1.82, 2.24) is 0 Å². The molecular formula is C16H37F3O6Si2. The lowest BCUT2D eigenvalue weighted by atomic mass is 10.4. The minimum Gasteiger partial charge on any atom is -0.398 e. The summed E-state index contributed by atoms with van der Waals surface area (Å²) >= 11 is 0. The van der Waals surface area contributed by atoms with Crippen molar-refractivity contribution in [1.29, 1.82) is 0 Å². The molecule has 0 aliphatic carbocycles. The van der Waals surface area contributed by atoms with Gasteiger partial charge in [0, 0.05) is 49.1 Å². The zero-order chi connectivity index (χ0) is 21.8. The van der Waals surface area contributed by atoms with Crippen molar-refractivity contribution in [2.75, 3.05) is 42.7 Å². The van der Waals surface area contributed by atoms with Crippen LogP contribution in [-0.4, -0.2) is 77.7 Å². The van der Waals surface area contributed by atoms with E-state index in [1.165, 1.54) is 14.2 Å². The Morgan fingerprint density at radius 2 is 1.07 bits per heavy atom. The van der Waals surface area contributed by atoms with Gasteiger partial charge >= 0.3 is 14.7 Å². The fourth-order valence-corrected chi connectivity index (χ4v) is 5.56. The predicted molar refractivity (Wildman–Crippen MR) is 104 cm³/mol. The third kappa shape index (κ3) is 10.9. The molecule has 0 atom stereocenters. The monoisotopic (exact) mass is 438 g/mol. The highest BCUT2D eigenvalue weighted by Gasteiger charge is 2.41.